The fourth-order valence-electron chi connectivity index (χ4n) is 3.97. The van der Waals surface area contributed by atoms with Crippen molar-refractivity contribution in [2.24, 2.45) is 0 Å². The van der Waals surface area contributed by atoms with Crippen LogP contribution in [0.1, 0.15) is 44.3 Å². The summed E-state index contributed by atoms with van der Waals surface area (Å²) in [5.74, 6) is 2.12. The molecule has 1 saturated heterocycles. The van der Waals surface area contributed by atoms with Gasteiger partial charge >= 0.3 is 0 Å². The van der Waals surface area contributed by atoms with Crippen LogP contribution >= 0.6 is 0 Å². The minimum atomic E-state index is 0.0782. The van der Waals surface area contributed by atoms with Crippen molar-refractivity contribution in [3.8, 4) is 0 Å². The molecule has 1 fully saturated rings. The lowest BCUT2D eigenvalue weighted by molar-refractivity contribution is 0.0845. The van der Waals surface area contributed by atoms with E-state index in [-0.39, 0.29) is 5.41 Å². The maximum atomic E-state index is 5.89. The molecule has 1 aliphatic heterocycles. The Morgan fingerprint density at radius 2 is 1.68 bits per heavy atom. The summed E-state index contributed by atoms with van der Waals surface area (Å²) < 4.78 is 5.89. The third-order valence-corrected chi connectivity index (χ3v) is 5.49. The van der Waals surface area contributed by atoms with Crippen LogP contribution in [-0.2, 0) is 12.0 Å². The highest BCUT2D eigenvalue weighted by Crippen LogP contribution is 2.31. The van der Waals surface area contributed by atoms with E-state index in [9.17, 15) is 0 Å². The first-order chi connectivity index (χ1) is 11.9. The van der Waals surface area contributed by atoms with E-state index in [1.807, 2.05) is 6.92 Å². The van der Waals surface area contributed by atoms with Crippen LogP contribution in [0.2, 0.25) is 0 Å². The van der Waals surface area contributed by atoms with Gasteiger partial charge in [0.05, 0.1) is 0 Å². The molecule has 2 heterocycles. The Labute approximate surface area is 152 Å². The van der Waals surface area contributed by atoms with Crippen LogP contribution < -0.4 is 0 Å². The van der Waals surface area contributed by atoms with E-state index in [0.29, 0.717) is 6.04 Å². The van der Waals surface area contributed by atoms with Gasteiger partial charge in [0.2, 0.25) is 0 Å². The van der Waals surface area contributed by atoms with E-state index in [1.165, 1.54) is 5.56 Å². The van der Waals surface area contributed by atoms with Gasteiger partial charge in [-0.05, 0) is 38.0 Å². The monoisotopic (exact) mass is 340 g/mol. The van der Waals surface area contributed by atoms with Gasteiger partial charge in [0.1, 0.15) is 11.5 Å². The number of piperazine rings is 1. The largest absolute Gasteiger partial charge is 0.466 e. The Bertz CT molecular complexity index is 654. The van der Waals surface area contributed by atoms with Crippen LogP contribution in [0, 0.1) is 6.92 Å². The lowest BCUT2D eigenvalue weighted by atomic mass is 9.83. The van der Waals surface area contributed by atoms with Crippen molar-refractivity contribution in [1.82, 2.24) is 9.80 Å². The number of aryl methyl sites for hydroxylation is 1. The van der Waals surface area contributed by atoms with E-state index >= 15 is 0 Å². The van der Waals surface area contributed by atoms with Crippen molar-refractivity contribution < 1.29 is 4.42 Å². The zero-order valence-corrected chi connectivity index (χ0v) is 16.2. The summed E-state index contributed by atoms with van der Waals surface area (Å²) in [6, 6.07) is 15.6. The van der Waals surface area contributed by atoms with E-state index in [4.69, 9.17) is 4.42 Å². The van der Waals surface area contributed by atoms with Crippen molar-refractivity contribution >= 4 is 0 Å². The van der Waals surface area contributed by atoms with Crippen LogP contribution in [0.4, 0.5) is 0 Å². The van der Waals surface area contributed by atoms with Gasteiger partial charge < -0.3 is 4.42 Å². The third-order valence-electron chi connectivity index (χ3n) is 5.49. The Kier molecular flexibility index (Phi) is 5.65. The molecule has 0 radical (unpaired) electrons. The Morgan fingerprint density at radius 3 is 2.28 bits per heavy atom. The molecule has 0 spiro atoms. The fourth-order valence-corrected chi connectivity index (χ4v) is 3.97. The average Bonchev–Trinajstić information content (AvgIpc) is 3.03. The van der Waals surface area contributed by atoms with Crippen LogP contribution in [0.15, 0.2) is 46.9 Å². The van der Waals surface area contributed by atoms with E-state index in [0.717, 1.165) is 50.7 Å². The van der Waals surface area contributed by atoms with Crippen molar-refractivity contribution in [3.63, 3.8) is 0 Å². The Balaban J connectivity index is 1.50. The maximum absolute atomic E-state index is 5.89. The molecule has 1 atom stereocenters. The number of rotatable bonds is 6. The molecular weight excluding hydrogens is 308 g/mol. The second kappa shape index (κ2) is 7.76. The van der Waals surface area contributed by atoms with Crippen molar-refractivity contribution in [2.45, 2.75) is 52.1 Å². The molecule has 25 heavy (non-hydrogen) atoms. The zero-order chi connectivity index (χ0) is 17.9. The van der Waals surface area contributed by atoms with Crippen molar-refractivity contribution in [3.05, 3.63) is 59.5 Å². The number of benzene rings is 1. The van der Waals surface area contributed by atoms with E-state index < -0.39 is 0 Å². The summed E-state index contributed by atoms with van der Waals surface area (Å²) in [6.45, 7) is 14.7. The summed E-state index contributed by atoms with van der Waals surface area (Å²) in [5.41, 5.74) is 1.49. The third kappa shape index (κ3) is 4.74. The number of furan rings is 1. The highest BCUT2D eigenvalue weighted by atomic mass is 16.3. The lowest BCUT2D eigenvalue weighted by Crippen LogP contribution is -2.50. The van der Waals surface area contributed by atoms with Crippen LogP contribution in [-0.4, -0.2) is 42.0 Å². The normalized spacial score (nSPS) is 18.4. The molecule has 0 N–H and O–H groups in total. The van der Waals surface area contributed by atoms with Gasteiger partial charge in [-0.25, -0.2) is 0 Å². The molecule has 0 amide bonds. The lowest BCUT2D eigenvalue weighted by Gasteiger charge is -2.40. The number of hydrogen-bond donors (Lipinski definition) is 0. The molecule has 3 heteroatoms. The summed E-state index contributed by atoms with van der Waals surface area (Å²) in [5, 5.41) is 0. The summed E-state index contributed by atoms with van der Waals surface area (Å²) in [7, 11) is 0. The highest BCUT2D eigenvalue weighted by molar-refractivity contribution is 5.16. The molecule has 0 saturated carbocycles. The summed E-state index contributed by atoms with van der Waals surface area (Å²) in [6.07, 6.45) is 1.12. The first-order valence-corrected chi connectivity index (χ1v) is 9.51. The quantitative estimate of drug-likeness (QED) is 0.774. The second-order valence-electron chi connectivity index (χ2n) is 8.15. The molecular formula is C22H32N2O. The van der Waals surface area contributed by atoms with Crippen molar-refractivity contribution in [2.75, 3.05) is 26.2 Å². The minimum Gasteiger partial charge on any atom is -0.466 e. The first-order valence-electron chi connectivity index (χ1n) is 9.51. The SMILES string of the molecule is Cc1ccc(C(C)(C)CC(C)N2CCN(Cc3ccccc3)CC2)o1. The van der Waals surface area contributed by atoms with Crippen LogP contribution in [0.3, 0.4) is 0 Å². The molecule has 3 rings (SSSR count). The molecule has 1 aromatic heterocycles. The molecule has 0 aliphatic carbocycles. The predicted octanol–water partition coefficient (Wildman–Crippen LogP) is 4.46. The maximum Gasteiger partial charge on any atom is 0.109 e. The van der Waals surface area contributed by atoms with Gasteiger partial charge in [0, 0.05) is 44.2 Å². The summed E-state index contributed by atoms with van der Waals surface area (Å²) >= 11 is 0. The summed E-state index contributed by atoms with van der Waals surface area (Å²) in [4.78, 5) is 5.21. The highest BCUT2D eigenvalue weighted by Gasteiger charge is 2.30. The molecule has 136 valence electrons. The first kappa shape index (κ1) is 18.2. The predicted molar refractivity (Wildman–Crippen MR) is 104 cm³/mol. The Morgan fingerprint density at radius 1 is 1.00 bits per heavy atom. The van der Waals surface area contributed by atoms with Gasteiger partial charge in [0.25, 0.3) is 0 Å². The van der Waals surface area contributed by atoms with Gasteiger partial charge in [-0.3, -0.25) is 9.80 Å². The van der Waals surface area contributed by atoms with Gasteiger partial charge in [-0.2, -0.15) is 0 Å². The van der Waals surface area contributed by atoms with Crippen LogP contribution in [0.25, 0.3) is 0 Å². The minimum absolute atomic E-state index is 0.0782. The second-order valence-corrected chi connectivity index (χ2v) is 8.15. The Hall–Kier alpha value is -1.58. The molecule has 1 aromatic carbocycles. The molecule has 2 aromatic rings. The zero-order valence-electron chi connectivity index (χ0n) is 16.2. The van der Waals surface area contributed by atoms with Gasteiger partial charge in [0.15, 0.2) is 0 Å². The van der Waals surface area contributed by atoms with Crippen molar-refractivity contribution in [1.29, 1.82) is 0 Å². The number of hydrogen-bond acceptors (Lipinski definition) is 3. The smallest absolute Gasteiger partial charge is 0.109 e. The molecule has 1 aliphatic rings. The standard InChI is InChI=1S/C22H32N2O/c1-18(16-22(3,4)21-11-10-19(2)25-21)24-14-12-23(13-15-24)17-20-8-6-5-7-9-20/h5-11,18H,12-17H2,1-4H3. The van der Waals surface area contributed by atoms with Gasteiger partial charge in [-0.15, -0.1) is 0 Å². The topological polar surface area (TPSA) is 19.6 Å². The molecule has 1 unspecified atom stereocenters. The van der Waals surface area contributed by atoms with E-state index in [1.54, 1.807) is 0 Å². The fraction of sp³-hybridized carbons (Fsp3) is 0.545. The average molecular weight is 341 g/mol. The van der Waals surface area contributed by atoms with Crippen LogP contribution in [0.5, 0.6) is 0 Å². The van der Waals surface area contributed by atoms with E-state index in [2.05, 4.69) is 73.0 Å². The van der Waals surface area contributed by atoms with Gasteiger partial charge in [-0.1, -0.05) is 44.2 Å². The molecule has 0 bridgehead atoms. The number of nitrogens with zero attached hydrogens (tertiary/aromatic N) is 2. The molecule has 3 nitrogen and oxygen atoms in total.